The topological polar surface area (TPSA) is 46.6 Å². The highest BCUT2D eigenvalue weighted by atomic mass is 16.5. The molecule has 4 nitrogen and oxygen atoms in total. The van der Waals surface area contributed by atoms with Gasteiger partial charge in [0.1, 0.15) is 0 Å². The van der Waals surface area contributed by atoms with Crippen molar-refractivity contribution in [3.05, 3.63) is 64.7 Å². The van der Waals surface area contributed by atoms with Crippen LogP contribution in [0.2, 0.25) is 0 Å². The van der Waals surface area contributed by atoms with E-state index < -0.39 is 0 Å². The number of benzene rings is 2. The van der Waals surface area contributed by atoms with Gasteiger partial charge in [-0.1, -0.05) is 30.3 Å². The molecule has 22 heavy (non-hydrogen) atoms. The number of ether oxygens (including phenoxy) is 1. The first-order chi connectivity index (χ1) is 10.6. The molecule has 3 rings (SSSR count). The molecule has 0 radical (unpaired) electrons. The predicted molar refractivity (Wildman–Crippen MR) is 84.1 cm³/mol. The smallest absolute Gasteiger partial charge is 0.309 e. The molecular weight excluding hydrogens is 278 g/mol. The van der Waals surface area contributed by atoms with Crippen LogP contribution in [0.5, 0.6) is 0 Å². The fourth-order valence-electron chi connectivity index (χ4n) is 2.80. The van der Waals surface area contributed by atoms with Crippen molar-refractivity contribution in [2.75, 3.05) is 19.1 Å². The van der Waals surface area contributed by atoms with Crippen molar-refractivity contribution >= 4 is 17.4 Å². The zero-order valence-corrected chi connectivity index (χ0v) is 12.6. The minimum absolute atomic E-state index is 0.0274. The number of rotatable bonds is 2. The van der Waals surface area contributed by atoms with E-state index in [0.29, 0.717) is 12.1 Å². The molecule has 2 aromatic rings. The van der Waals surface area contributed by atoms with Gasteiger partial charge in [0.25, 0.3) is 0 Å². The monoisotopic (exact) mass is 295 g/mol. The molecule has 0 bridgehead atoms. The Labute approximate surface area is 129 Å². The number of nitrogens with zero attached hydrogens (tertiary/aromatic N) is 1. The number of fused-ring (bicyclic) bond motifs is 2. The first-order valence-electron chi connectivity index (χ1n) is 7.13. The zero-order valence-electron chi connectivity index (χ0n) is 12.6. The minimum Gasteiger partial charge on any atom is -0.469 e. The van der Waals surface area contributed by atoms with Crippen LogP contribution in [0.4, 0.5) is 5.69 Å². The van der Waals surface area contributed by atoms with Crippen LogP contribution in [-0.2, 0) is 22.5 Å². The summed E-state index contributed by atoms with van der Waals surface area (Å²) in [5.74, 6) is -0.259. The van der Waals surface area contributed by atoms with Gasteiger partial charge in [0.05, 0.1) is 13.5 Å². The van der Waals surface area contributed by atoms with Crippen LogP contribution in [0.3, 0.4) is 0 Å². The van der Waals surface area contributed by atoms with Gasteiger partial charge in [0.2, 0.25) is 0 Å². The van der Waals surface area contributed by atoms with Gasteiger partial charge in [-0.05, 0) is 23.3 Å². The second-order valence-corrected chi connectivity index (χ2v) is 5.45. The summed E-state index contributed by atoms with van der Waals surface area (Å²) in [5.41, 5.74) is 4.12. The average molecular weight is 295 g/mol. The Morgan fingerprint density at radius 2 is 1.95 bits per heavy atom. The van der Waals surface area contributed by atoms with E-state index >= 15 is 0 Å². The van der Waals surface area contributed by atoms with E-state index in [1.807, 2.05) is 48.3 Å². The molecule has 1 aliphatic rings. The second kappa shape index (κ2) is 5.64. The molecule has 0 atom stereocenters. The van der Waals surface area contributed by atoms with E-state index in [9.17, 15) is 9.59 Å². The first-order valence-corrected chi connectivity index (χ1v) is 7.13. The Balaban J connectivity index is 2.05. The molecule has 0 saturated heterocycles. The summed E-state index contributed by atoms with van der Waals surface area (Å²) in [4.78, 5) is 26.2. The highest BCUT2D eigenvalue weighted by molar-refractivity contribution is 6.14. The number of esters is 1. The van der Waals surface area contributed by atoms with Crippen LogP contribution in [-0.4, -0.2) is 25.9 Å². The lowest BCUT2D eigenvalue weighted by molar-refractivity contribution is -0.139. The van der Waals surface area contributed by atoms with Crippen LogP contribution in [0.15, 0.2) is 42.5 Å². The van der Waals surface area contributed by atoms with Crippen LogP contribution < -0.4 is 4.90 Å². The standard InChI is InChI=1S/C18H17NO3/c1-19-11-13-5-3-4-6-14(13)18(21)15-8-7-12(9-16(15)19)10-17(20)22-2/h3-9H,10-11H2,1-2H3. The third kappa shape index (κ3) is 2.48. The van der Waals surface area contributed by atoms with Crippen molar-refractivity contribution in [2.45, 2.75) is 13.0 Å². The number of hydrogen-bond acceptors (Lipinski definition) is 4. The lowest BCUT2D eigenvalue weighted by Gasteiger charge is -2.20. The maximum atomic E-state index is 12.7. The van der Waals surface area contributed by atoms with Gasteiger partial charge in [-0.3, -0.25) is 9.59 Å². The quantitative estimate of drug-likeness (QED) is 0.799. The molecule has 0 aromatic heterocycles. The number of carbonyl (C=O) groups excluding carboxylic acids is 2. The highest BCUT2D eigenvalue weighted by Crippen LogP contribution is 2.30. The molecule has 0 saturated carbocycles. The van der Waals surface area contributed by atoms with Gasteiger partial charge >= 0.3 is 5.97 Å². The SMILES string of the molecule is COC(=O)Cc1ccc2c(c1)N(C)Cc1ccccc1C2=O. The summed E-state index contributed by atoms with van der Waals surface area (Å²) in [6, 6.07) is 13.2. The summed E-state index contributed by atoms with van der Waals surface area (Å²) in [6.07, 6.45) is 0.207. The van der Waals surface area contributed by atoms with E-state index in [-0.39, 0.29) is 18.2 Å². The minimum atomic E-state index is -0.286. The Hall–Kier alpha value is -2.62. The van der Waals surface area contributed by atoms with Crippen LogP contribution in [0.1, 0.15) is 27.0 Å². The maximum Gasteiger partial charge on any atom is 0.309 e. The number of carbonyl (C=O) groups is 2. The Bertz CT molecular complexity index is 752. The number of methoxy groups -OCH3 is 1. The van der Waals surface area contributed by atoms with E-state index in [0.717, 1.165) is 22.4 Å². The largest absolute Gasteiger partial charge is 0.469 e. The zero-order chi connectivity index (χ0) is 15.7. The van der Waals surface area contributed by atoms with Crippen molar-refractivity contribution in [2.24, 2.45) is 0 Å². The van der Waals surface area contributed by atoms with Crippen molar-refractivity contribution < 1.29 is 14.3 Å². The molecule has 0 aliphatic carbocycles. The molecule has 0 spiro atoms. The van der Waals surface area contributed by atoms with Gasteiger partial charge in [0.15, 0.2) is 5.78 Å². The predicted octanol–water partition coefficient (Wildman–Crippen LogP) is 2.58. The van der Waals surface area contributed by atoms with Gasteiger partial charge in [0, 0.05) is 30.4 Å². The first kappa shape index (κ1) is 14.3. The molecule has 0 N–H and O–H groups in total. The molecule has 0 fully saturated rings. The van der Waals surface area contributed by atoms with E-state index in [4.69, 9.17) is 4.74 Å². The van der Waals surface area contributed by atoms with Crippen LogP contribution in [0.25, 0.3) is 0 Å². The number of anilines is 1. The van der Waals surface area contributed by atoms with E-state index in [1.54, 1.807) is 6.07 Å². The molecule has 0 amide bonds. The van der Waals surface area contributed by atoms with Crippen LogP contribution in [0, 0.1) is 0 Å². The van der Waals surface area contributed by atoms with Crippen molar-refractivity contribution in [1.82, 2.24) is 0 Å². The van der Waals surface area contributed by atoms with E-state index in [1.165, 1.54) is 7.11 Å². The molecular formula is C18H17NO3. The molecule has 4 heteroatoms. The van der Waals surface area contributed by atoms with Crippen molar-refractivity contribution in [3.63, 3.8) is 0 Å². The molecule has 1 aliphatic heterocycles. The van der Waals surface area contributed by atoms with Gasteiger partial charge in [-0.15, -0.1) is 0 Å². The Morgan fingerprint density at radius 1 is 1.18 bits per heavy atom. The molecule has 112 valence electrons. The van der Waals surface area contributed by atoms with Crippen LogP contribution >= 0.6 is 0 Å². The van der Waals surface area contributed by atoms with Gasteiger partial charge in [-0.2, -0.15) is 0 Å². The Morgan fingerprint density at radius 3 is 2.73 bits per heavy atom. The third-order valence-corrected chi connectivity index (χ3v) is 3.96. The average Bonchev–Trinajstić information content (AvgIpc) is 2.63. The lowest BCUT2D eigenvalue weighted by Crippen LogP contribution is -2.17. The number of hydrogen-bond donors (Lipinski definition) is 0. The van der Waals surface area contributed by atoms with E-state index in [2.05, 4.69) is 0 Å². The molecule has 0 unspecified atom stereocenters. The molecule has 2 aromatic carbocycles. The normalized spacial score (nSPS) is 13.2. The fourth-order valence-corrected chi connectivity index (χ4v) is 2.80. The summed E-state index contributed by atoms with van der Waals surface area (Å²) in [7, 11) is 3.33. The van der Waals surface area contributed by atoms with Crippen molar-refractivity contribution in [3.8, 4) is 0 Å². The second-order valence-electron chi connectivity index (χ2n) is 5.45. The summed E-state index contributed by atoms with van der Waals surface area (Å²) in [6.45, 7) is 0.663. The maximum absolute atomic E-state index is 12.7. The fraction of sp³-hybridized carbons (Fsp3) is 0.222. The summed E-state index contributed by atoms with van der Waals surface area (Å²) in [5, 5.41) is 0. The Kier molecular flexibility index (Phi) is 3.67. The third-order valence-electron chi connectivity index (χ3n) is 3.96. The lowest BCUT2D eigenvalue weighted by atomic mass is 9.98. The number of ketones is 1. The van der Waals surface area contributed by atoms with Gasteiger partial charge in [-0.25, -0.2) is 0 Å². The van der Waals surface area contributed by atoms with Gasteiger partial charge < -0.3 is 9.64 Å². The summed E-state index contributed by atoms with van der Waals surface area (Å²) >= 11 is 0. The molecule has 1 heterocycles. The highest BCUT2D eigenvalue weighted by Gasteiger charge is 2.23. The van der Waals surface area contributed by atoms with Crippen molar-refractivity contribution in [1.29, 1.82) is 0 Å². The summed E-state index contributed by atoms with van der Waals surface area (Å²) < 4.78 is 4.70.